The summed E-state index contributed by atoms with van der Waals surface area (Å²) in [6.45, 7) is 1.92. The van der Waals surface area contributed by atoms with E-state index in [0.717, 1.165) is 43.2 Å². The van der Waals surface area contributed by atoms with Crippen molar-refractivity contribution in [2.24, 2.45) is 0 Å². The van der Waals surface area contributed by atoms with E-state index in [1.54, 1.807) is 12.1 Å². The summed E-state index contributed by atoms with van der Waals surface area (Å²) < 4.78 is 39.3. The van der Waals surface area contributed by atoms with E-state index in [1.807, 2.05) is 6.07 Å². The SMILES string of the molecule is CN1c2ccc(S(=O)(=O)c3cccc(F)c3)cc2[C@@H]2CCNCC[C@@H]21. The van der Waals surface area contributed by atoms with Crippen LogP contribution in [0.4, 0.5) is 10.1 Å². The van der Waals surface area contributed by atoms with Crippen LogP contribution in [0.1, 0.15) is 24.3 Å². The number of likely N-dealkylation sites (N-methyl/N-ethyl adjacent to an activating group) is 1. The number of hydrogen-bond donors (Lipinski definition) is 1. The molecule has 2 aliphatic heterocycles. The van der Waals surface area contributed by atoms with Gasteiger partial charge in [-0.1, -0.05) is 6.07 Å². The first kappa shape index (κ1) is 16.5. The summed E-state index contributed by atoms with van der Waals surface area (Å²) in [6.07, 6.45) is 2.04. The number of hydrogen-bond acceptors (Lipinski definition) is 4. The molecule has 0 aromatic heterocycles. The second-order valence-corrected chi connectivity index (χ2v) is 8.74. The summed E-state index contributed by atoms with van der Waals surface area (Å²) in [5.41, 5.74) is 2.20. The Morgan fingerprint density at radius 2 is 1.84 bits per heavy atom. The molecular weight excluding hydrogens is 339 g/mol. The van der Waals surface area contributed by atoms with E-state index >= 15 is 0 Å². The fourth-order valence-electron chi connectivity index (χ4n) is 4.12. The summed E-state index contributed by atoms with van der Waals surface area (Å²) >= 11 is 0. The highest BCUT2D eigenvalue weighted by Crippen LogP contribution is 2.44. The van der Waals surface area contributed by atoms with E-state index < -0.39 is 15.7 Å². The molecule has 1 N–H and O–H groups in total. The van der Waals surface area contributed by atoms with E-state index in [2.05, 4.69) is 17.3 Å². The first-order valence-electron chi connectivity index (χ1n) is 8.56. The van der Waals surface area contributed by atoms with Crippen molar-refractivity contribution in [3.63, 3.8) is 0 Å². The number of halogens is 1. The molecule has 1 fully saturated rings. The molecule has 2 heterocycles. The third-order valence-electron chi connectivity index (χ3n) is 5.41. The van der Waals surface area contributed by atoms with Crippen LogP contribution in [-0.2, 0) is 9.84 Å². The maximum atomic E-state index is 13.5. The van der Waals surface area contributed by atoms with Crippen molar-refractivity contribution in [2.45, 2.75) is 34.6 Å². The highest BCUT2D eigenvalue weighted by molar-refractivity contribution is 7.91. The second kappa shape index (κ2) is 6.11. The van der Waals surface area contributed by atoms with Gasteiger partial charge >= 0.3 is 0 Å². The third kappa shape index (κ3) is 2.73. The van der Waals surface area contributed by atoms with E-state index in [1.165, 1.54) is 18.2 Å². The Balaban J connectivity index is 1.78. The van der Waals surface area contributed by atoms with Crippen LogP contribution in [0.3, 0.4) is 0 Å². The van der Waals surface area contributed by atoms with Crippen LogP contribution in [-0.4, -0.2) is 34.6 Å². The van der Waals surface area contributed by atoms with Gasteiger partial charge in [-0.15, -0.1) is 0 Å². The fraction of sp³-hybridized carbons (Fsp3) is 0.368. The Bertz CT molecular complexity index is 913. The van der Waals surface area contributed by atoms with Crippen LogP contribution < -0.4 is 10.2 Å². The van der Waals surface area contributed by atoms with Crippen LogP contribution in [0.5, 0.6) is 0 Å². The van der Waals surface area contributed by atoms with Gasteiger partial charge in [-0.3, -0.25) is 0 Å². The molecule has 25 heavy (non-hydrogen) atoms. The molecule has 0 bridgehead atoms. The molecule has 132 valence electrons. The molecular formula is C19H21FN2O2S. The van der Waals surface area contributed by atoms with Crippen molar-refractivity contribution in [2.75, 3.05) is 25.0 Å². The molecule has 0 aliphatic carbocycles. The van der Waals surface area contributed by atoms with E-state index in [0.29, 0.717) is 12.0 Å². The fourth-order valence-corrected chi connectivity index (χ4v) is 5.45. The van der Waals surface area contributed by atoms with Gasteiger partial charge in [0.2, 0.25) is 9.84 Å². The molecule has 0 spiro atoms. The Labute approximate surface area is 147 Å². The third-order valence-corrected chi connectivity index (χ3v) is 7.16. The topological polar surface area (TPSA) is 49.4 Å². The number of anilines is 1. The number of rotatable bonds is 2. The van der Waals surface area contributed by atoms with Crippen molar-refractivity contribution in [3.05, 3.63) is 53.8 Å². The zero-order chi connectivity index (χ0) is 17.6. The predicted molar refractivity (Wildman–Crippen MR) is 95.3 cm³/mol. The zero-order valence-electron chi connectivity index (χ0n) is 14.1. The van der Waals surface area contributed by atoms with E-state index in [9.17, 15) is 12.8 Å². The summed E-state index contributed by atoms with van der Waals surface area (Å²) in [4.78, 5) is 2.51. The van der Waals surface area contributed by atoms with Gasteiger partial charge in [0.1, 0.15) is 5.82 Å². The van der Waals surface area contributed by atoms with Gasteiger partial charge in [0.25, 0.3) is 0 Å². The Hall–Kier alpha value is -1.92. The van der Waals surface area contributed by atoms with Crippen molar-refractivity contribution < 1.29 is 12.8 Å². The highest BCUT2D eigenvalue weighted by atomic mass is 32.2. The first-order chi connectivity index (χ1) is 12.0. The Morgan fingerprint density at radius 3 is 2.64 bits per heavy atom. The van der Waals surface area contributed by atoms with Crippen LogP contribution >= 0.6 is 0 Å². The van der Waals surface area contributed by atoms with Gasteiger partial charge < -0.3 is 10.2 Å². The largest absolute Gasteiger partial charge is 0.371 e. The lowest BCUT2D eigenvalue weighted by Crippen LogP contribution is -2.30. The summed E-state index contributed by atoms with van der Waals surface area (Å²) in [6, 6.07) is 10.9. The van der Waals surface area contributed by atoms with Crippen molar-refractivity contribution in [1.82, 2.24) is 5.32 Å². The lowest BCUT2D eigenvalue weighted by molar-refractivity contribution is 0.531. The number of nitrogens with zero attached hydrogens (tertiary/aromatic N) is 1. The minimum atomic E-state index is -3.72. The second-order valence-electron chi connectivity index (χ2n) is 6.79. The van der Waals surface area contributed by atoms with Gasteiger partial charge in [0, 0.05) is 24.7 Å². The molecule has 6 heteroatoms. The molecule has 1 saturated heterocycles. The van der Waals surface area contributed by atoms with Crippen LogP contribution in [0, 0.1) is 5.82 Å². The lowest BCUT2D eigenvalue weighted by atomic mass is 9.91. The number of nitrogens with one attached hydrogen (secondary N) is 1. The Morgan fingerprint density at radius 1 is 1.08 bits per heavy atom. The predicted octanol–water partition coefficient (Wildman–Crippen LogP) is 2.94. The van der Waals surface area contributed by atoms with Crippen molar-refractivity contribution >= 4 is 15.5 Å². The highest BCUT2D eigenvalue weighted by Gasteiger charge is 2.37. The standard InChI is InChI=1S/C19H21FN2O2S/c1-22-18-6-5-15(25(23,24)14-4-2-3-13(20)11-14)12-17(18)16-7-9-21-10-8-19(16)22/h2-6,11-12,16,19,21H,7-10H2,1H3/t16-,19-/m0/s1. The van der Waals surface area contributed by atoms with E-state index in [4.69, 9.17) is 0 Å². The minimum absolute atomic E-state index is 0.00196. The van der Waals surface area contributed by atoms with Gasteiger partial charge in [0.15, 0.2) is 0 Å². The molecule has 4 nitrogen and oxygen atoms in total. The molecule has 0 unspecified atom stereocenters. The number of sulfone groups is 1. The van der Waals surface area contributed by atoms with Crippen molar-refractivity contribution in [3.8, 4) is 0 Å². The van der Waals surface area contributed by atoms with Gasteiger partial charge in [-0.2, -0.15) is 0 Å². The minimum Gasteiger partial charge on any atom is -0.371 e. The Kier molecular flexibility index (Phi) is 4.04. The molecule has 0 radical (unpaired) electrons. The molecule has 2 aliphatic rings. The summed E-state index contributed by atoms with van der Waals surface area (Å²) in [5.74, 6) is -0.213. The van der Waals surface area contributed by atoms with Crippen LogP contribution in [0.15, 0.2) is 52.3 Å². The maximum absolute atomic E-state index is 13.5. The maximum Gasteiger partial charge on any atom is 0.206 e. The van der Waals surface area contributed by atoms with Crippen molar-refractivity contribution in [1.29, 1.82) is 0 Å². The number of fused-ring (bicyclic) bond motifs is 3. The quantitative estimate of drug-likeness (QED) is 0.895. The summed E-state index contributed by atoms with van der Waals surface area (Å²) in [5, 5.41) is 3.42. The molecule has 0 amide bonds. The molecule has 2 aromatic carbocycles. The molecule has 4 rings (SSSR count). The van der Waals surface area contributed by atoms with Gasteiger partial charge in [0.05, 0.1) is 9.79 Å². The lowest BCUT2D eigenvalue weighted by Gasteiger charge is -2.24. The summed E-state index contributed by atoms with van der Waals surface area (Å²) in [7, 11) is -1.64. The average Bonchev–Trinajstić information content (AvgIpc) is 2.77. The van der Waals surface area contributed by atoms with Crippen LogP contribution in [0.2, 0.25) is 0 Å². The molecule has 2 atom stereocenters. The van der Waals surface area contributed by atoms with Crippen LogP contribution in [0.25, 0.3) is 0 Å². The smallest absolute Gasteiger partial charge is 0.206 e. The molecule has 2 aromatic rings. The first-order valence-corrected chi connectivity index (χ1v) is 10.0. The zero-order valence-corrected chi connectivity index (χ0v) is 14.9. The monoisotopic (exact) mass is 360 g/mol. The average molecular weight is 360 g/mol. The van der Waals surface area contributed by atoms with Gasteiger partial charge in [-0.25, -0.2) is 12.8 Å². The van der Waals surface area contributed by atoms with E-state index in [-0.39, 0.29) is 9.79 Å². The normalized spacial score (nSPS) is 23.0. The molecule has 0 saturated carbocycles. The number of benzene rings is 2. The van der Waals surface area contributed by atoms with Gasteiger partial charge in [-0.05, 0) is 67.9 Å².